The van der Waals surface area contributed by atoms with Crippen molar-refractivity contribution in [2.45, 2.75) is 44.7 Å². The summed E-state index contributed by atoms with van der Waals surface area (Å²) >= 11 is 0. The zero-order valence-electron chi connectivity index (χ0n) is 17.6. The molecule has 162 valence electrons. The molecule has 4 rings (SSSR count). The molecule has 7 nitrogen and oxygen atoms in total. The van der Waals surface area contributed by atoms with Crippen LogP contribution in [0.5, 0.6) is 5.75 Å². The van der Waals surface area contributed by atoms with Gasteiger partial charge in [0.15, 0.2) is 11.6 Å². The summed E-state index contributed by atoms with van der Waals surface area (Å²) in [5.41, 5.74) is -0.266. The number of methoxy groups -OCH3 is 1. The standard InChI is InChI=1S/C22H28FN3O4/c1-12-13(5-4-8-24-12)10-25(2)19-17(23)9-15-18(21(19)30-3)26(14-6-7-14)11-16(20(15)27)22(28)29/h9,11-14,24H,4-8,10H2,1-3H3,(H,28,29)/t12-,13+/m1/s1. The largest absolute Gasteiger partial charge is 0.492 e. The third-order valence-electron chi connectivity index (χ3n) is 6.39. The molecule has 0 amide bonds. The van der Waals surface area contributed by atoms with Crippen molar-refractivity contribution < 1.29 is 19.0 Å². The van der Waals surface area contributed by atoms with E-state index in [1.165, 1.54) is 19.4 Å². The molecule has 1 saturated heterocycles. The fraction of sp³-hybridized carbons (Fsp3) is 0.545. The van der Waals surface area contributed by atoms with Crippen molar-refractivity contribution in [2.24, 2.45) is 5.92 Å². The smallest absolute Gasteiger partial charge is 0.341 e. The Labute approximate surface area is 174 Å². The van der Waals surface area contributed by atoms with Gasteiger partial charge in [-0.25, -0.2) is 9.18 Å². The Morgan fingerprint density at radius 3 is 2.73 bits per heavy atom. The van der Waals surface area contributed by atoms with Crippen molar-refractivity contribution >= 4 is 22.6 Å². The number of halogens is 1. The van der Waals surface area contributed by atoms with Gasteiger partial charge in [0.25, 0.3) is 0 Å². The number of rotatable bonds is 6. The Morgan fingerprint density at radius 2 is 2.13 bits per heavy atom. The number of piperidine rings is 1. The molecule has 1 aliphatic carbocycles. The molecule has 1 aromatic heterocycles. The van der Waals surface area contributed by atoms with Crippen molar-refractivity contribution in [2.75, 3.05) is 32.1 Å². The highest BCUT2D eigenvalue weighted by atomic mass is 19.1. The van der Waals surface area contributed by atoms with Crippen molar-refractivity contribution in [3.63, 3.8) is 0 Å². The number of fused-ring (bicyclic) bond motifs is 1. The predicted octanol–water partition coefficient (Wildman–Crippen LogP) is 3.01. The maximum Gasteiger partial charge on any atom is 0.341 e. The first-order valence-electron chi connectivity index (χ1n) is 10.5. The molecular weight excluding hydrogens is 389 g/mol. The number of pyridine rings is 1. The quantitative estimate of drug-likeness (QED) is 0.752. The second kappa shape index (κ2) is 7.91. The molecule has 0 bridgehead atoms. The number of carboxylic acid groups (broad SMARTS) is 1. The number of ether oxygens (including phenoxy) is 1. The van der Waals surface area contributed by atoms with Gasteiger partial charge in [-0.05, 0) is 51.1 Å². The average molecular weight is 417 g/mol. The van der Waals surface area contributed by atoms with Crippen LogP contribution in [0.4, 0.5) is 10.1 Å². The van der Waals surface area contributed by atoms with E-state index in [4.69, 9.17) is 4.74 Å². The van der Waals surface area contributed by atoms with E-state index in [9.17, 15) is 14.7 Å². The minimum Gasteiger partial charge on any atom is -0.492 e. The molecule has 1 saturated carbocycles. The van der Waals surface area contributed by atoms with Crippen LogP contribution in [0.15, 0.2) is 17.1 Å². The topological polar surface area (TPSA) is 83.8 Å². The Balaban J connectivity index is 1.88. The first kappa shape index (κ1) is 20.7. The number of hydrogen-bond donors (Lipinski definition) is 2. The Kier molecular flexibility index (Phi) is 5.44. The highest BCUT2D eigenvalue weighted by molar-refractivity contribution is 5.97. The number of hydrogen-bond acceptors (Lipinski definition) is 5. The molecule has 2 heterocycles. The lowest BCUT2D eigenvalue weighted by Gasteiger charge is -2.34. The summed E-state index contributed by atoms with van der Waals surface area (Å²) in [6.45, 7) is 3.78. The van der Waals surface area contributed by atoms with Gasteiger partial charge < -0.3 is 24.6 Å². The zero-order valence-corrected chi connectivity index (χ0v) is 17.6. The summed E-state index contributed by atoms with van der Waals surface area (Å²) in [7, 11) is 3.29. The van der Waals surface area contributed by atoms with Crippen LogP contribution in [0, 0.1) is 11.7 Å². The lowest BCUT2D eigenvalue weighted by molar-refractivity contribution is 0.0695. The SMILES string of the molecule is COc1c(N(C)C[C@@H]2CCCN[C@@H]2C)c(F)cc2c(=O)c(C(=O)O)cn(C3CC3)c12. The lowest BCUT2D eigenvalue weighted by atomic mass is 9.91. The molecule has 8 heteroatoms. The van der Waals surface area contributed by atoms with Gasteiger partial charge in [0.05, 0.1) is 18.0 Å². The summed E-state index contributed by atoms with van der Waals surface area (Å²) in [5, 5.41) is 13.0. The summed E-state index contributed by atoms with van der Waals surface area (Å²) in [5.74, 6) is -1.25. The summed E-state index contributed by atoms with van der Waals surface area (Å²) in [6.07, 6.45) is 5.29. The molecule has 0 spiro atoms. The second-order valence-electron chi connectivity index (χ2n) is 8.48. The van der Waals surface area contributed by atoms with Crippen LogP contribution in [-0.4, -0.2) is 48.9 Å². The van der Waals surface area contributed by atoms with Crippen LogP contribution in [0.25, 0.3) is 10.9 Å². The Bertz CT molecular complexity index is 1050. The zero-order chi connectivity index (χ0) is 21.6. The Morgan fingerprint density at radius 1 is 1.40 bits per heavy atom. The summed E-state index contributed by atoms with van der Waals surface area (Å²) in [6, 6.07) is 1.59. The molecule has 2 fully saturated rings. The second-order valence-corrected chi connectivity index (χ2v) is 8.48. The lowest BCUT2D eigenvalue weighted by Crippen LogP contribution is -2.44. The molecule has 2 N–H and O–H groups in total. The van der Waals surface area contributed by atoms with Crippen LogP contribution in [0.3, 0.4) is 0 Å². The number of aromatic nitrogens is 1. The molecule has 0 radical (unpaired) electrons. The van der Waals surface area contributed by atoms with E-state index in [0.29, 0.717) is 29.7 Å². The third kappa shape index (κ3) is 3.53. The van der Waals surface area contributed by atoms with Crippen LogP contribution < -0.4 is 20.4 Å². The summed E-state index contributed by atoms with van der Waals surface area (Å²) in [4.78, 5) is 26.2. The average Bonchev–Trinajstić information content (AvgIpc) is 3.54. The minimum absolute atomic E-state index is 0.0426. The fourth-order valence-electron chi connectivity index (χ4n) is 4.59. The first-order valence-corrected chi connectivity index (χ1v) is 10.5. The highest BCUT2D eigenvalue weighted by Gasteiger charge is 2.31. The van der Waals surface area contributed by atoms with E-state index in [1.807, 2.05) is 11.9 Å². The van der Waals surface area contributed by atoms with Gasteiger partial charge >= 0.3 is 5.97 Å². The van der Waals surface area contributed by atoms with E-state index in [1.54, 1.807) is 4.57 Å². The first-order chi connectivity index (χ1) is 14.3. The van der Waals surface area contributed by atoms with Crippen molar-refractivity contribution in [3.8, 4) is 5.75 Å². The van der Waals surface area contributed by atoms with Crippen LogP contribution in [-0.2, 0) is 0 Å². The van der Waals surface area contributed by atoms with Gasteiger partial charge in [-0.1, -0.05) is 0 Å². The van der Waals surface area contributed by atoms with Crippen molar-refractivity contribution in [3.05, 3.63) is 33.9 Å². The van der Waals surface area contributed by atoms with E-state index in [2.05, 4.69) is 12.2 Å². The molecule has 30 heavy (non-hydrogen) atoms. The number of carboxylic acids is 1. The van der Waals surface area contributed by atoms with E-state index in [0.717, 1.165) is 32.2 Å². The van der Waals surface area contributed by atoms with Gasteiger partial charge in [0.2, 0.25) is 5.43 Å². The normalized spacial score (nSPS) is 21.6. The maximum atomic E-state index is 15.3. The number of anilines is 1. The predicted molar refractivity (Wildman–Crippen MR) is 113 cm³/mol. The fourth-order valence-corrected chi connectivity index (χ4v) is 4.59. The van der Waals surface area contributed by atoms with Gasteiger partial charge in [0, 0.05) is 31.9 Å². The van der Waals surface area contributed by atoms with Gasteiger partial charge in [-0.15, -0.1) is 0 Å². The molecule has 0 unspecified atom stereocenters. The number of nitrogens with zero attached hydrogens (tertiary/aromatic N) is 2. The van der Waals surface area contributed by atoms with E-state index >= 15 is 4.39 Å². The van der Waals surface area contributed by atoms with Crippen LogP contribution in [0.1, 0.15) is 49.0 Å². The molecule has 2 atom stereocenters. The van der Waals surface area contributed by atoms with Gasteiger partial charge in [-0.3, -0.25) is 4.79 Å². The summed E-state index contributed by atoms with van der Waals surface area (Å²) < 4.78 is 22.7. The molecule has 2 aromatic rings. The van der Waals surface area contributed by atoms with Gasteiger partial charge in [0.1, 0.15) is 11.3 Å². The Hall–Kier alpha value is -2.61. The molecule has 1 aliphatic heterocycles. The number of nitrogens with one attached hydrogen (secondary N) is 1. The minimum atomic E-state index is -1.31. The van der Waals surface area contributed by atoms with Crippen molar-refractivity contribution in [1.82, 2.24) is 9.88 Å². The molecular formula is C22H28FN3O4. The van der Waals surface area contributed by atoms with E-state index in [-0.39, 0.29) is 22.7 Å². The van der Waals surface area contributed by atoms with Crippen molar-refractivity contribution in [1.29, 1.82) is 0 Å². The number of benzene rings is 1. The molecule has 2 aliphatic rings. The van der Waals surface area contributed by atoms with Crippen LogP contribution in [0.2, 0.25) is 0 Å². The monoisotopic (exact) mass is 417 g/mol. The van der Waals surface area contributed by atoms with Crippen LogP contribution >= 0.6 is 0 Å². The number of carbonyl (C=O) groups is 1. The highest BCUT2D eigenvalue weighted by Crippen LogP contribution is 2.43. The third-order valence-corrected chi connectivity index (χ3v) is 6.39. The molecule has 1 aromatic carbocycles. The number of aromatic carboxylic acids is 1. The van der Waals surface area contributed by atoms with Gasteiger partial charge in [-0.2, -0.15) is 0 Å². The van der Waals surface area contributed by atoms with E-state index < -0.39 is 17.2 Å². The maximum absolute atomic E-state index is 15.3.